The van der Waals surface area contributed by atoms with Crippen molar-refractivity contribution in [1.82, 2.24) is 0 Å². The van der Waals surface area contributed by atoms with Gasteiger partial charge in [0.2, 0.25) is 0 Å². The van der Waals surface area contributed by atoms with Crippen LogP contribution in [-0.4, -0.2) is 29.5 Å². The van der Waals surface area contributed by atoms with Gasteiger partial charge in [-0.05, 0) is 0 Å². The third kappa shape index (κ3) is 7.62. The number of unbranched alkanes of at least 4 members (excludes halogenated alkanes) is 2. The molecule has 0 amide bonds. The quantitative estimate of drug-likeness (QED) is 0.599. The van der Waals surface area contributed by atoms with Crippen molar-refractivity contribution < 1.29 is 5.11 Å². The number of hydrogen-bond acceptors (Lipinski definition) is 1. The van der Waals surface area contributed by atoms with E-state index in [1.807, 2.05) is 0 Å². The van der Waals surface area contributed by atoms with Gasteiger partial charge in [0.25, 0.3) is 0 Å². The van der Waals surface area contributed by atoms with Gasteiger partial charge in [0.15, 0.2) is 0 Å². The Kier molecular flexibility index (Phi) is 11.8. The van der Waals surface area contributed by atoms with Crippen LogP contribution in [0, 0.1) is 0 Å². The molecule has 0 aliphatic heterocycles. The molecule has 1 radical (unpaired) electrons. The van der Waals surface area contributed by atoms with E-state index < -0.39 is 19.8 Å². The molecule has 0 aromatic carbocycles. The zero-order chi connectivity index (χ0) is 11.5. The van der Waals surface area contributed by atoms with E-state index in [0.29, 0.717) is 4.62 Å². The third-order valence-corrected chi connectivity index (χ3v) is 12.5. The number of rotatable bonds is 10. The number of hydrogen-bond donors (Lipinski definition) is 1. The van der Waals surface area contributed by atoms with E-state index in [2.05, 4.69) is 20.8 Å². The Morgan fingerprint density at radius 3 is 1.80 bits per heavy atom. The van der Waals surface area contributed by atoms with Crippen LogP contribution in [0.15, 0.2) is 0 Å². The van der Waals surface area contributed by atoms with Crippen LogP contribution in [0.4, 0.5) is 0 Å². The van der Waals surface area contributed by atoms with Gasteiger partial charge in [-0.15, -0.1) is 0 Å². The molecule has 0 aliphatic rings. The van der Waals surface area contributed by atoms with E-state index in [1.165, 1.54) is 49.4 Å². The zero-order valence-corrected chi connectivity index (χ0v) is 13.7. The third-order valence-electron chi connectivity index (χ3n) is 3.16. The molecular weight excluding hydrogens is 291 g/mol. The van der Waals surface area contributed by atoms with Crippen molar-refractivity contribution in [3.8, 4) is 0 Å². The molecule has 0 aromatic rings. The van der Waals surface area contributed by atoms with Gasteiger partial charge in [-0.1, -0.05) is 0 Å². The minimum absolute atomic E-state index is 0.591. The Hall–Kier alpha value is 0.759. The first-order valence-corrected chi connectivity index (χ1v) is 12.4. The van der Waals surface area contributed by atoms with E-state index in [1.54, 1.807) is 0 Å². The van der Waals surface area contributed by atoms with E-state index in [9.17, 15) is 5.11 Å². The molecule has 15 heavy (non-hydrogen) atoms. The maximum atomic E-state index is 9.51. The van der Waals surface area contributed by atoms with Gasteiger partial charge in [0.05, 0.1) is 0 Å². The van der Waals surface area contributed by atoms with Gasteiger partial charge in [0.1, 0.15) is 0 Å². The Bertz CT molecular complexity index is 120. The van der Waals surface area contributed by atoms with Crippen molar-refractivity contribution in [2.45, 2.75) is 74.1 Å². The summed E-state index contributed by atoms with van der Waals surface area (Å²) in [5.74, 6) is 0. The second-order valence-corrected chi connectivity index (χ2v) is 13.0. The topological polar surface area (TPSA) is 20.2 Å². The molecule has 1 N–H and O–H groups in total. The summed E-state index contributed by atoms with van der Waals surface area (Å²) in [5, 5.41) is 9.51. The Balaban J connectivity index is 4.02. The van der Waals surface area contributed by atoms with Crippen LogP contribution < -0.4 is 0 Å². The van der Waals surface area contributed by atoms with Crippen LogP contribution in [-0.2, 0) is 0 Å². The van der Waals surface area contributed by atoms with Crippen LogP contribution in [0.2, 0.25) is 8.37 Å². The molecule has 0 aliphatic carbocycles. The van der Waals surface area contributed by atoms with Crippen LogP contribution in [0.25, 0.3) is 0 Å². The summed E-state index contributed by atoms with van der Waals surface area (Å²) in [7, 11) is 0. The van der Waals surface area contributed by atoms with Crippen molar-refractivity contribution in [2.24, 2.45) is 0 Å². The summed E-state index contributed by atoms with van der Waals surface area (Å²) >= 11 is -1.42. The van der Waals surface area contributed by atoms with Gasteiger partial charge in [-0.3, -0.25) is 0 Å². The van der Waals surface area contributed by atoms with Crippen LogP contribution in [0.1, 0.15) is 65.7 Å². The Morgan fingerprint density at radius 1 is 0.933 bits per heavy atom. The Morgan fingerprint density at radius 2 is 1.47 bits per heavy atom. The van der Waals surface area contributed by atoms with E-state index >= 15 is 0 Å². The molecule has 0 saturated heterocycles. The molecule has 1 nitrogen and oxygen atoms in total. The maximum absolute atomic E-state index is 9.51. The molecule has 0 unspecified atom stereocenters. The number of aliphatic hydroxyl groups is 1. The predicted octanol–water partition coefficient (Wildman–Crippen LogP) is 4.17. The first-order chi connectivity index (χ1) is 7.29. The predicted molar refractivity (Wildman–Crippen MR) is 70.7 cm³/mol. The van der Waals surface area contributed by atoms with Crippen LogP contribution >= 0.6 is 0 Å². The standard InChI is InChI=1S/C9H19.C3H7.CH3O.Sn/c1-3-5-7-9-8-6-4-2;1-3-2;1-2;/h9H,3-8H2,1-2H3;1,3H2,2H3;2H,1H2;. The van der Waals surface area contributed by atoms with Crippen LogP contribution in [0.5, 0.6) is 0 Å². The fourth-order valence-corrected chi connectivity index (χ4v) is 9.87. The summed E-state index contributed by atoms with van der Waals surface area (Å²) < 4.78 is 2.96. The van der Waals surface area contributed by atoms with Gasteiger partial charge in [-0.2, -0.15) is 0 Å². The molecule has 0 rings (SSSR count). The molecule has 0 bridgehead atoms. The summed E-state index contributed by atoms with van der Waals surface area (Å²) in [6.45, 7) is 6.82. The van der Waals surface area contributed by atoms with Crippen molar-refractivity contribution >= 4 is 19.8 Å². The Labute approximate surface area is 103 Å². The minimum atomic E-state index is -1.42. The van der Waals surface area contributed by atoms with Gasteiger partial charge in [0, 0.05) is 0 Å². The molecule has 2 heteroatoms. The summed E-state index contributed by atoms with van der Waals surface area (Å²) in [6, 6.07) is 0. The first-order valence-electron chi connectivity index (χ1n) is 6.75. The van der Waals surface area contributed by atoms with E-state index in [0.717, 1.165) is 3.93 Å². The SMILES string of the molecule is CCCC[CH](CCCC)[Sn]([CH2]O)[CH2]CC. The number of aliphatic hydroxyl groups excluding tert-OH is 1. The average molecular weight is 320 g/mol. The molecule has 0 aromatic heterocycles. The normalized spacial score (nSPS) is 11.6. The van der Waals surface area contributed by atoms with Gasteiger partial charge >= 0.3 is 104 Å². The molecule has 91 valence electrons. The summed E-state index contributed by atoms with van der Waals surface area (Å²) in [6.07, 6.45) is 9.50. The molecule has 0 spiro atoms. The van der Waals surface area contributed by atoms with Crippen molar-refractivity contribution in [2.75, 3.05) is 4.62 Å². The second-order valence-electron chi connectivity index (χ2n) is 4.55. The van der Waals surface area contributed by atoms with E-state index in [-0.39, 0.29) is 0 Å². The van der Waals surface area contributed by atoms with E-state index in [4.69, 9.17) is 0 Å². The fraction of sp³-hybridized carbons (Fsp3) is 1.00. The van der Waals surface area contributed by atoms with Crippen molar-refractivity contribution in [3.63, 3.8) is 0 Å². The first kappa shape index (κ1) is 15.8. The fourth-order valence-electron chi connectivity index (χ4n) is 2.19. The zero-order valence-electron chi connectivity index (χ0n) is 10.9. The second kappa shape index (κ2) is 11.3. The summed E-state index contributed by atoms with van der Waals surface area (Å²) in [5.41, 5.74) is 0. The molecular formula is C13H29OSn. The van der Waals surface area contributed by atoms with Crippen molar-refractivity contribution in [1.29, 1.82) is 0 Å². The van der Waals surface area contributed by atoms with Crippen LogP contribution in [0.3, 0.4) is 0 Å². The van der Waals surface area contributed by atoms with Gasteiger partial charge < -0.3 is 0 Å². The molecule has 0 fully saturated rings. The summed E-state index contributed by atoms with van der Waals surface area (Å²) in [4.78, 5) is 0. The van der Waals surface area contributed by atoms with Gasteiger partial charge in [-0.25, -0.2) is 0 Å². The van der Waals surface area contributed by atoms with Crippen molar-refractivity contribution in [3.05, 3.63) is 0 Å². The molecule has 0 atom stereocenters. The molecule has 0 saturated carbocycles. The molecule has 0 heterocycles. The monoisotopic (exact) mass is 321 g/mol. The average Bonchev–Trinajstić information content (AvgIpc) is 2.27.